The molecular weight excluding hydrogens is 306 g/mol. The Kier molecular flexibility index (Phi) is 5.77. The lowest BCUT2D eigenvalue weighted by Crippen LogP contribution is -2.38. The molecule has 2 aromatic rings. The van der Waals surface area contributed by atoms with Crippen molar-refractivity contribution in [3.05, 3.63) is 27.2 Å². The Morgan fingerprint density at radius 1 is 1.38 bits per heavy atom. The van der Waals surface area contributed by atoms with Crippen LogP contribution in [-0.4, -0.2) is 39.8 Å². The number of pyridine rings is 1. The van der Waals surface area contributed by atoms with Crippen molar-refractivity contribution in [3.8, 4) is 0 Å². The first-order valence-electron chi connectivity index (χ1n) is 8.40. The van der Waals surface area contributed by atoms with Gasteiger partial charge in [-0.1, -0.05) is 6.92 Å². The first kappa shape index (κ1) is 18.2. The van der Waals surface area contributed by atoms with Gasteiger partial charge in [-0.3, -0.25) is 19.4 Å². The maximum Gasteiger partial charge on any atom is 0.273 e. The van der Waals surface area contributed by atoms with E-state index in [4.69, 9.17) is 0 Å². The van der Waals surface area contributed by atoms with E-state index in [1.54, 1.807) is 11.7 Å². The Morgan fingerprint density at radius 3 is 2.75 bits per heavy atom. The number of carbonyl (C=O) groups is 1. The molecule has 0 aliphatic heterocycles. The van der Waals surface area contributed by atoms with Gasteiger partial charge in [0.15, 0.2) is 5.65 Å². The second-order valence-electron chi connectivity index (χ2n) is 6.26. The summed E-state index contributed by atoms with van der Waals surface area (Å²) in [5.74, 6) is 0.0145. The van der Waals surface area contributed by atoms with E-state index in [1.165, 1.54) is 0 Å². The van der Waals surface area contributed by atoms with E-state index < -0.39 is 0 Å². The Hall–Kier alpha value is -2.15. The lowest BCUT2D eigenvalue weighted by atomic mass is 10.0. The summed E-state index contributed by atoms with van der Waals surface area (Å²) in [6.45, 7) is 9.42. The highest BCUT2D eigenvalue weighted by Gasteiger charge is 2.16. The molecule has 0 radical (unpaired) electrons. The van der Waals surface area contributed by atoms with Crippen molar-refractivity contribution in [2.75, 3.05) is 13.1 Å². The first-order valence-corrected chi connectivity index (χ1v) is 8.40. The molecule has 0 fully saturated rings. The molecule has 0 aliphatic rings. The van der Waals surface area contributed by atoms with Gasteiger partial charge in [0.2, 0.25) is 5.91 Å². The van der Waals surface area contributed by atoms with E-state index in [-0.39, 0.29) is 17.5 Å². The van der Waals surface area contributed by atoms with Crippen molar-refractivity contribution >= 4 is 16.9 Å². The summed E-state index contributed by atoms with van der Waals surface area (Å²) in [6, 6.07) is 0.253. The molecular formula is C17H27N5O2. The van der Waals surface area contributed by atoms with Crippen LogP contribution in [0.4, 0.5) is 0 Å². The number of hydrogen-bond acceptors (Lipinski definition) is 4. The lowest BCUT2D eigenvalue weighted by Gasteiger charge is -2.14. The lowest BCUT2D eigenvalue weighted by molar-refractivity contribution is -0.121. The molecule has 2 heterocycles. The highest BCUT2D eigenvalue weighted by molar-refractivity contribution is 5.81. The normalized spacial score (nSPS) is 12.5. The second-order valence-corrected chi connectivity index (χ2v) is 6.26. The zero-order chi connectivity index (χ0) is 17.9. The monoisotopic (exact) mass is 333 g/mol. The van der Waals surface area contributed by atoms with Crippen LogP contribution in [0.1, 0.15) is 37.1 Å². The molecule has 2 rings (SSSR count). The number of aromatic nitrogens is 3. The number of amides is 1. The first-order chi connectivity index (χ1) is 11.3. The van der Waals surface area contributed by atoms with E-state index in [2.05, 4.69) is 20.7 Å². The number of H-pyrrole nitrogens is 1. The van der Waals surface area contributed by atoms with Crippen molar-refractivity contribution in [2.45, 2.75) is 46.6 Å². The molecule has 0 saturated heterocycles. The molecule has 24 heavy (non-hydrogen) atoms. The molecule has 3 N–H and O–H groups in total. The number of aromatic amines is 1. The molecule has 7 heteroatoms. The average Bonchev–Trinajstić information content (AvgIpc) is 2.79. The summed E-state index contributed by atoms with van der Waals surface area (Å²) in [6.07, 6.45) is 0.967. The average molecular weight is 333 g/mol. The summed E-state index contributed by atoms with van der Waals surface area (Å²) in [5.41, 5.74) is 3.27. The highest BCUT2D eigenvalue weighted by atomic mass is 16.1. The fraction of sp³-hybridized carbons (Fsp3) is 0.588. The number of nitrogens with zero attached hydrogens (tertiary/aromatic N) is 2. The molecule has 1 amide bonds. The summed E-state index contributed by atoms with van der Waals surface area (Å²) >= 11 is 0. The summed E-state index contributed by atoms with van der Waals surface area (Å²) in [7, 11) is 1.77. The minimum Gasteiger partial charge on any atom is -0.355 e. The largest absolute Gasteiger partial charge is 0.355 e. The van der Waals surface area contributed by atoms with Crippen LogP contribution in [0.2, 0.25) is 0 Å². The van der Waals surface area contributed by atoms with Gasteiger partial charge in [0, 0.05) is 31.7 Å². The highest BCUT2D eigenvalue weighted by Crippen LogP contribution is 2.20. The molecule has 0 bridgehead atoms. The quantitative estimate of drug-likeness (QED) is 0.703. The van der Waals surface area contributed by atoms with Crippen molar-refractivity contribution in [3.63, 3.8) is 0 Å². The summed E-state index contributed by atoms with van der Waals surface area (Å²) in [4.78, 5) is 28.6. The number of aryl methyl sites for hydroxylation is 3. The van der Waals surface area contributed by atoms with E-state index in [9.17, 15) is 9.59 Å². The van der Waals surface area contributed by atoms with Crippen LogP contribution in [0.5, 0.6) is 0 Å². The van der Waals surface area contributed by atoms with Gasteiger partial charge in [0.05, 0.1) is 5.39 Å². The minimum absolute atomic E-state index is 0.0145. The van der Waals surface area contributed by atoms with Gasteiger partial charge in [0.1, 0.15) is 0 Å². The topological polar surface area (TPSA) is 91.8 Å². The van der Waals surface area contributed by atoms with Crippen LogP contribution >= 0.6 is 0 Å². The van der Waals surface area contributed by atoms with Gasteiger partial charge in [-0.2, -0.15) is 0 Å². The fourth-order valence-electron chi connectivity index (χ4n) is 3.03. The molecule has 1 atom stereocenters. The van der Waals surface area contributed by atoms with Crippen molar-refractivity contribution in [2.24, 2.45) is 7.05 Å². The van der Waals surface area contributed by atoms with E-state index >= 15 is 0 Å². The van der Waals surface area contributed by atoms with Crippen LogP contribution in [0.15, 0.2) is 4.79 Å². The van der Waals surface area contributed by atoms with E-state index in [0.29, 0.717) is 30.4 Å². The Balaban J connectivity index is 2.09. The van der Waals surface area contributed by atoms with Crippen molar-refractivity contribution in [1.82, 2.24) is 25.4 Å². The fourth-order valence-corrected chi connectivity index (χ4v) is 3.03. The molecule has 0 aliphatic carbocycles. The number of rotatable bonds is 7. The molecule has 2 aromatic heterocycles. The maximum absolute atomic E-state index is 12.1. The van der Waals surface area contributed by atoms with Gasteiger partial charge < -0.3 is 10.6 Å². The predicted octanol–water partition coefficient (Wildman–Crippen LogP) is 0.925. The number of fused-ring (bicyclic) bond motifs is 1. The predicted molar refractivity (Wildman–Crippen MR) is 95.3 cm³/mol. The van der Waals surface area contributed by atoms with Crippen molar-refractivity contribution in [1.29, 1.82) is 0 Å². The molecule has 0 unspecified atom stereocenters. The van der Waals surface area contributed by atoms with Gasteiger partial charge in [-0.15, -0.1) is 0 Å². The third-order valence-electron chi connectivity index (χ3n) is 4.34. The third kappa shape index (κ3) is 3.84. The summed E-state index contributed by atoms with van der Waals surface area (Å²) in [5, 5.41) is 9.53. The number of nitrogens with one attached hydrogen (secondary N) is 3. The molecule has 132 valence electrons. The van der Waals surface area contributed by atoms with Crippen LogP contribution < -0.4 is 16.2 Å². The maximum atomic E-state index is 12.1. The van der Waals surface area contributed by atoms with E-state index in [0.717, 1.165) is 23.4 Å². The zero-order valence-corrected chi connectivity index (χ0v) is 15.1. The van der Waals surface area contributed by atoms with Gasteiger partial charge >= 0.3 is 0 Å². The summed E-state index contributed by atoms with van der Waals surface area (Å²) < 4.78 is 1.64. The third-order valence-corrected chi connectivity index (χ3v) is 4.34. The number of likely N-dealkylation sites (N-methyl/N-ethyl adjacent to an activating group) is 1. The van der Waals surface area contributed by atoms with Gasteiger partial charge in [0.25, 0.3) is 5.56 Å². The minimum atomic E-state index is -0.136. The van der Waals surface area contributed by atoms with Crippen LogP contribution in [-0.2, 0) is 18.3 Å². The van der Waals surface area contributed by atoms with Gasteiger partial charge in [-0.25, -0.2) is 4.98 Å². The smallest absolute Gasteiger partial charge is 0.273 e. The Labute approximate surface area is 141 Å². The number of hydrogen-bond donors (Lipinski definition) is 3. The molecule has 0 aromatic carbocycles. The second kappa shape index (κ2) is 7.61. The zero-order valence-electron chi connectivity index (χ0n) is 15.1. The Morgan fingerprint density at radius 2 is 2.08 bits per heavy atom. The SMILES string of the molecule is CCN[C@H](C)CNC(=O)CCc1c(C)nc2c(c1C)c(=O)[nH]n2C. The standard InChI is InChI=1S/C17H27N5O2/c1-6-18-10(2)9-19-14(23)8-7-13-11(3)15-16(20-12(13)4)22(5)21-17(15)24/h10,18H,6-9H2,1-5H3,(H,19,23)(H,21,24)/t10-/m1/s1. The van der Waals surface area contributed by atoms with Crippen LogP contribution in [0.25, 0.3) is 11.0 Å². The van der Waals surface area contributed by atoms with Crippen molar-refractivity contribution < 1.29 is 4.79 Å². The number of carbonyl (C=O) groups excluding carboxylic acids is 1. The Bertz CT molecular complexity index is 790. The van der Waals surface area contributed by atoms with Crippen LogP contribution in [0.3, 0.4) is 0 Å². The van der Waals surface area contributed by atoms with Crippen LogP contribution in [0, 0.1) is 13.8 Å². The van der Waals surface area contributed by atoms with Gasteiger partial charge in [-0.05, 0) is 44.9 Å². The van der Waals surface area contributed by atoms with E-state index in [1.807, 2.05) is 27.7 Å². The molecule has 0 saturated carbocycles. The molecule has 7 nitrogen and oxygen atoms in total. The molecule has 0 spiro atoms.